The molecule has 1 aromatic carbocycles. The normalized spacial score (nSPS) is 11.5. The van der Waals surface area contributed by atoms with Gasteiger partial charge in [0.1, 0.15) is 12.1 Å². The summed E-state index contributed by atoms with van der Waals surface area (Å²) in [4.78, 5) is 8.13. The van der Waals surface area contributed by atoms with Gasteiger partial charge in [-0.1, -0.05) is 17.7 Å². The lowest BCUT2D eigenvalue weighted by molar-refractivity contribution is -0.137. The Balaban J connectivity index is 1.63. The first-order chi connectivity index (χ1) is 11.9. The van der Waals surface area contributed by atoms with E-state index in [4.69, 9.17) is 4.42 Å². The minimum Gasteiger partial charge on any atom is -0.444 e. The lowest BCUT2D eigenvalue weighted by atomic mass is 10.1. The third kappa shape index (κ3) is 4.17. The SMILES string of the molecule is Cc1ccc(-c2nc(CCNc3ncccc3C(F)(F)F)co2)cc1. The zero-order valence-corrected chi connectivity index (χ0v) is 13.5. The number of hydrogen-bond acceptors (Lipinski definition) is 4. The topological polar surface area (TPSA) is 51.0 Å². The Morgan fingerprint density at radius 2 is 1.88 bits per heavy atom. The summed E-state index contributed by atoms with van der Waals surface area (Å²) in [7, 11) is 0. The van der Waals surface area contributed by atoms with Crippen LogP contribution < -0.4 is 5.32 Å². The van der Waals surface area contributed by atoms with Gasteiger partial charge in [0.05, 0.1) is 11.3 Å². The largest absolute Gasteiger partial charge is 0.444 e. The number of pyridine rings is 1. The zero-order valence-electron chi connectivity index (χ0n) is 13.5. The van der Waals surface area contributed by atoms with Gasteiger partial charge in [0, 0.05) is 24.7 Å². The summed E-state index contributed by atoms with van der Waals surface area (Å²) in [5.74, 6) is 0.307. The first kappa shape index (κ1) is 17.0. The van der Waals surface area contributed by atoms with E-state index in [-0.39, 0.29) is 12.4 Å². The summed E-state index contributed by atoms with van der Waals surface area (Å²) in [6.45, 7) is 2.25. The maximum atomic E-state index is 12.9. The van der Waals surface area contributed by atoms with Crippen molar-refractivity contribution in [2.75, 3.05) is 11.9 Å². The molecule has 0 fully saturated rings. The van der Waals surface area contributed by atoms with Gasteiger partial charge in [0.25, 0.3) is 0 Å². The molecule has 2 aromatic heterocycles. The van der Waals surface area contributed by atoms with Gasteiger partial charge in [-0.15, -0.1) is 0 Å². The van der Waals surface area contributed by atoms with Crippen LogP contribution in [0, 0.1) is 6.92 Å². The van der Waals surface area contributed by atoms with Gasteiger partial charge in [-0.05, 0) is 31.2 Å². The highest BCUT2D eigenvalue weighted by Crippen LogP contribution is 2.33. The Morgan fingerprint density at radius 3 is 2.60 bits per heavy atom. The van der Waals surface area contributed by atoms with E-state index in [1.807, 2.05) is 31.2 Å². The van der Waals surface area contributed by atoms with Crippen molar-refractivity contribution in [3.8, 4) is 11.5 Å². The van der Waals surface area contributed by atoms with Crippen molar-refractivity contribution >= 4 is 5.82 Å². The number of benzene rings is 1. The number of rotatable bonds is 5. The second-order valence-corrected chi connectivity index (χ2v) is 5.58. The van der Waals surface area contributed by atoms with Gasteiger partial charge >= 0.3 is 6.18 Å². The van der Waals surface area contributed by atoms with Crippen molar-refractivity contribution in [1.29, 1.82) is 0 Å². The highest BCUT2D eigenvalue weighted by molar-refractivity contribution is 5.53. The van der Waals surface area contributed by atoms with E-state index in [0.717, 1.165) is 17.2 Å². The molecule has 0 aliphatic rings. The summed E-state index contributed by atoms with van der Waals surface area (Å²) >= 11 is 0. The number of alkyl halides is 3. The molecule has 0 aliphatic carbocycles. The van der Waals surface area contributed by atoms with E-state index in [9.17, 15) is 13.2 Å². The number of hydrogen-bond donors (Lipinski definition) is 1. The molecule has 0 amide bonds. The van der Waals surface area contributed by atoms with Crippen molar-refractivity contribution < 1.29 is 17.6 Å². The Hall–Kier alpha value is -2.83. The minimum absolute atomic E-state index is 0.183. The highest BCUT2D eigenvalue weighted by atomic mass is 19.4. The molecule has 1 N–H and O–H groups in total. The highest BCUT2D eigenvalue weighted by Gasteiger charge is 2.33. The number of nitrogens with one attached hydrogen (secondary N) is 1. The molecular weight excluding hydrogens is 331 g/mol. The molecule has 0 bridgehead atoms. The average molecular weight is 347 g/mol. The number of halogens is 3. The molecule has 130 valence electrons. The Morgan fingerprint density at radius 1 is 1.12 bits per heavy atom. The number of aryl methyl sites for hydroxylation is 1. The second kappa shape index (κ2) is 6.96. The van der Waals surface area contributed by atoms with Crippen LogP contribution in [0.2, 0.25) is 0 Å². The molecule has 0 spiro atoms. The van der Waals surface area contributed by atoms with Crippen LogP contribution in [0.5, 0.6) is 0 Å². The van der Waals surface area contributed by atoms with Crippen LogP contribution in [0.3, 0.4) is 0 Å². The first-order valence-corrected chi connectivity index (χ1v) is 7.71. The Labute approximate surface area is 142 Å². The Kier molecular flexibility index (Phi) is 4.74. The van der Waals surface area contributed by atoms with Crippen LogP contribution in [-0.4, -0.2) is 16.5 Å². The fourth-order valence-electron chi connectivity index (χ4n) is 2.33. The van der Waals surface area contributed by atoms with Crippen molar-refractivity contribution in [3.05, 3.63) is 65.7 Å². The summed E-state index contributed by atoms with van der Waals surface area (Å²) in [6, 6.07) is 10.0. The molecule has 0 aliphatic heterocycles. The molecule has 3 aromatic rings. The molecule has 25 heavy (non-hydrogen) atoms. The van der Waals surface area contributed by atoms with Crippen molar-refractivity contribution in [1.82, 2.24) is 9.97 Å². The smallest absolute Gasteiger partial charge is 0.419 e. The lowest BCUT2D eigenvalue weighted by Crippen LogP contribution is -2.14. The predicted octanol–water partition coefficient (Wildman–Crippen LogP) is 4.72. The standard InChI is InChI=1S/C18H16F3N3O/c1-12-4-6-13(7-5-12)17-24-14(11-25-17)8-10-23-16-15(18(19,20)21)3-2-9-22-16/h2-7,9,11H,8,10H2,1H3,(H,22,23). The maximum absolute atomic E-state index is 12.9. The summed E-state index contributed by atoms with van der Waals surface area (Å²) in [6.07, 6.45) is -1.19. The molecule has 0 radical (unpaired) electrons. The zero-order chi connectivity index (χ0) is 17.9. The van der Waals surface area contributed by atoms with E-state index < -0.39 is 11.7 Å². The van der Waals surface area contributed by atoms with Crippen molar-refractivity contribution in [2.45, 2.75) is 19.5 Å². The molecule has 0 saturated carbocycles. The number of aromatic nitrogens is 2. The molecule has 7 heteroatoms. The molecule has 4 nitrogen and oxygen atoms in total. The van der Waals surface area contributed by atoms with Crippen LogP contribution in [0.4, 0.5) is 19.0 Å². The molecular formula is C18H16F3N3O. The second-order valence-electron chi connectivity index (χ2n) is 5.58. The molecule has 0 unspecified atom stereocenters. The lowest BCUT2D eigenvalue weighted by Gasteiger charge is -2.12. The first-order valence-electron chi connectivity index (χ1n) is 7.71. The van der Waals surface area contributed by atoms with Crippen LogP contribution >= 0.6 is 0 Å². The molecule has 0 atom stereocenters. The third-order valence-electron chi connectivity index (χ3n) is 3.64. The molecule has 0 saturated heterocycles. The molecule has 2 heterocycles. The number of anilines is 1. The van der Waals surface area contributed by atoms with E-state index in [1.165, 1.54) is 18.5 Å². The fourth-order valence-corrected chi connectivity index (χ4v) is 2.33. The fraction of sp³-hybridized carbons (Fsp3) is 0.222. The molecule has 3 rings (SSSR count). The van der Waals surface area contributed by atoms with Gasteiger partial charge in [0.2, 0.25) is 5.89 Å². The van der Waals surface area contributed by atoms with E-state index >= 15 is 0 Å². The van der Waals surface area contributed by atoms with Gasteiger partial charge < -0.3 is 9.73 Å². The van der Waals surface area contributed by atoms with E-state index in [0.29, 0.717) is 18.0 Å². The summed E-state index contributed by atoms with van der Waals surface area (Å²) < 4.78 is 44.2. The Bertz CT molecular complexity index is 841. The van der Waals surface area contributed by atoms with Gasteiger partial charge in [-0.2, -0.15) is 13.2 Å². The van der Waals surface area contributed by atoms with E-state index in [2.05, 4.69) is 15.3 Å². The summed E-state index contributed by atoms with van der Waals surface area (Å²) in [5, 5.41) is 2.71. The van der Waals surface area contributed by atoms with Crippen LogP contribution in [0.25, 0.3) is 11.5 Å². The van der Waals surface area contributed by atoms with Crippen LogP contribution in [-0.2, 0) is 12.6 Å². The third-order valence-corrected chi connectivity index (χ3v) is 3.64. The van der Waals surface area contributed by atoms with Crippen molar-refractivity contribution in [2.24, 2.45) is 0 Å². The predicted molar refractivity (Wildman–Crippen MR) is 88.1 cm³/mol. The summed E-state index contributed by atoms with van der Waals surface area (Å²) in [5.41, 5.74) is 1.87. The average Bonchev–Trinajstić information content (AvgIpc) is 3.04. The maximum Gasteiger partial charge on any atom is 0.419 e. The number of oxazole rings is 1. The van der Waals surface area contributed by atoms with Crippen LogP contribution in [0.1, 0.15) is 16.8 Å². The van der Waals surface area contributed by atoms with Crippen LogP contribution in [0.15, 0.2) is 53.3 Å². The monoisotopic (exact) mass is 347 g/mol. The van der Waals surface area contributed by atoms with Gasteiger partial charge in [0.15, 0.2) is 0 Å². The van der Waals surface area contributed by atoms with Crippen molar-refractivity contribution in [3.63, 3.8) is 0 Å². The minimum atomic E-state index is -4.44. The van der Waals surface area contributed by atoms with Gasteiger partial charge in [-0.3, -0.25) is 0 Å². The van der Waals surface area contributed by atoms with E-state index in [1.54, 1.807) is 0 Å². The number of nitrogens with zero attached hydrogens (tertiary/aromatic N) is 2. The van der Waals surface area contributed by atoms with Gasteiger partial charge in [-0.25, -0.2) is 9.97 Å². The quantitative estimate of drug-likeness (QED) is 0.726.